The Balaban J connectivity index is 1.83. The van der Waals surface area contributed by atoms with Crippen molar-refractivity contribution < 1.29 is 17.6 Å². The highest BCUT2D eigenvalue weighted by atomic mass is 32.2. The molecule has 2 aromatic rings. The van der Waals surface area contributed by atoms with Crippen molar-refractivity contribution in [3.05, 3.63) is 53.6 Å². The molecule has 8 heteroatoms. The second kappa shape index (κ2) is 7.20. The zero-order valence-electron chi connectivity index (χ0n) is 14.8. The minimum Gasteiger partial charge on any atom is -0.357 e. The maximum atomic E-state index is 14.2. The number of carbonyl (C=O) groups excluding carboxylic acids is 1. The van der Waals surface area contributed by atoms with Gasteiger partial charge in [-0.25, -0.2) is 12.8 Å². The van der Waals surface area contributed by atoms with Gasteiger partial charge in [0.1, 0.15) is 10.7 Å². The molecule has 0 spiro atoms. The molecule has 1 atom stereocenters. The molecule has 6 nitrogen and oxygen atoms in total. The first-order valence-corrected chi connectivity index (χ1v) is 9.95. The molecule has 1 fully saturated rings. The van der Waals surface area contributed by atoms with Crippen LogP contribution >= 0.6 is 0 Å². The molecule has 1 saturated heterocycles. The van der Waals surface area contributed by atoms with E-state index < -0.39 is 26.6 Å². The van der Waals surface area contributed by atoms with Crippen LogP contribution in [-0.2, 0) is 17.1 Å². The third-order valence-electron chi connectivity index (χ3n) is 4.58. The number of benzene rings is 1. The van der Waals surface area contributed by atoms with Gasteiger partial charge in [0, 0.05) is 38.1 Å². The second-order valence-electron chi connectivity index (χ2n) is 6.56. The highest BCUT2D eigenvalue weighted by Crippen LogP contribution is 2.24. The zero-order valence-corrected chi connectivity index (χ0v) is 15.6. The summed E-state index contributed by atoms with van der Waals surface area (Å²) in [5.41, 5.74) is 1.04. The smallest absolute Gasteiger partial charge is 0.251 e. The van der Waals surface area contributed by atoms with Crippen molar-refractivity contribution in [2.45, 2.75) is 30.7 Å². The van der Waals surface area contributed by atoms with Crippen LogP contribution in [0.3, 0.4) is 0 Å². The summed E-state index contributed by atoms with van der Waals surface area (Å²) in [6, 6.07) is 5.08. The first-order valence-electron chi connectivity index (χ1n) is 8.51. The van der Waals surface area contributed by atoms with E-state index >= 15 is 0 Å². The monoisotopic (exact) mass is 379 g/mol. The lowest BCUT2D eigenvalue weighted by Gasteiger charge is -2.17. The molecule has 1 aliphatic heterocycles. The molecular weight excluding hydrogens is 357 g/mol. The summed E-state index contributed by atoms with van der Waals surface area (Å²) in [4.78, 5) is 12.1. The summed E-state index contributed by atoms with van der Waals surface area (Å²) in [6.45, 7) is 2.59. The number of nitrogens with one attached hydrogen (secondary N) is 1. The van der Waals surface area contributed by atoms with Gasteiger partial charge in [-0.3, -0.25) is 4.79 Å². The Morgan fingerprint density at radius 3 is 2.54 bits per heavy atom. The van der Waals surface area contributed by atoms with Gasteiger partial charge in [-0.1, -0.05) is 0 Å². The first kappa shape index (κ1) is 18.6. The first-order chi connectivity index (χ1) is 12.3. The van der Waals surface area contributed by atoms with Gasteiger partial charge >= 0.3 is 0 Å². The summed E-state index contributed by atoms with van der Waals surface area (Å²) >= 11 is 0. The summed E-state index contributed by atoms with van der Waals surface area (Å²) in [5, 5.41) is 2.81. The standard InChI is InChI=1S/C18H22FN3O3S/c1-13(15-7-10-21(2)12-15)20-18(23)14-5-6-16(19)17(11-14)26(24,25)22-8-3-4-9-22/h5-7,10-13H,3-4,8-9H2,1-2H3,(H,20,23)/t13-/m1/s1. The zero-order chi connectivity index (χ0) is 18.9. The van der Waals surface area contributed by atoms with Gasteiger partial charge < -0.3 is 9.88 Å². The Morgan fingerprint density at radius 2 is 1.92 bits per heavy atom. The number of aryl methyl sites for hydroxylation is 1. The minimum absolute atomic E-state index is 0.118. The number of hydrogen-bond acceptors (Lipinski definition) is 3. The van der Waals surface area contributed by atoms with Gasteiger partial charge in [-0.2, -0.15) is 4.31 Å². The molecule has 0 radical (unpaired) electrons. The molecule has 0 bridgehead atoms. The van der Waals surface area contributed by atoms with E-state index in [2.05, 4.69) is 5.32 Å². The molecular formula is C18H22FN3O3S. The van der Waals surface area contributed by atoms with Crippen LogP contribution in [0.1, 0.15) is 41.7 Å². The van der Waals surface area contributed by atoms with Crippen molar-refractivity contribution in [2.75, 3.05) is 13.1 Å². The minimum atomic E-state index is -3.93. The molecule has 1 aromatic heterocycles. The van der Waals surface area contributed by atoms with Crippen molar-refractivity contribution in [1.82, 2.24) is 14.2 Å². The van der Waals surface area contributed by atoms with Crippen molar-refractivity contribution >= 4 is 15.9 Å². The topological polar surface area (TPSA) is 71.4 Å². The Labute approximate surface area is 152 Å². The number of amides is 1. The Morgan fingerprint density at radius 1 is 1.23 bits per heavy atom. The van der Waals surface area contributed by atoms with Crippen molar-refractivity contribution in [3.63, 3.8) is 0 Å². The predicted molar refractivity (Wildman–Crippen MR) is 95.7 cm³/mol. The summed E-state index contributed by atoms with van der Waals surface area (Å²) in [7, 11) is -2.05. The Kier molecular flexibility index (Phi) is 5.15. The van der Waals surface area contributed by atoms with Gasteiger partial charge in [0.25, 0.3) is 5.91 Å². The second-order valence-corrected chi connectivity index (χ2v) is 8.47. The van der Waals surface area contributed by atoms with Crippen LogP contribution in [0.15, 0.2) is 41.6 Å². The van der Waals surface area contributed by atoms with Gasteiger partial charge in [0.15, 0.2) is 0 Å². The number of carbonyl (C=O) groups is 1. The van der Waals surface area contributed by atoms with Gasteiger partial charge in [0.2, 0.25) is 10.0 Å². The average molecular weight is 379 g/mol. The summed E-state index contributed by atoms with van der Waals surface area (Å²) < 4.78 is 42.6. The lowest BCUT2D eigenvalue weighted by atomic mass is 10.1. The molecule has 0 unspecified atom stereocenters. The van der Waals surface area contributed by atoms with Crippen LogP contribution in [0, 0.1) is 5.82 Å². The van der Waals surface area contributed by atoms with Crippen LogP contribution in [0.5, 0.6) is 0 Å². The third-order valence-corrected chi connectivity index (χ3v) is 6.49. The summed E-state index contributed by atoms with van der Waals surface area (Å²) in [6.07, 6.45) is 5.28. The van der Waals surface area contributed by atoms with Crippen molar-refractivity contribution in [3.8, 4) is 0 Å². The number of nitrogens with zero attached hydrogens (tertiary/aromatic N) is 2. The van der Waals surface area contributed by atoms with Gasteiger partial charge in [-0.15, -0.1) is 0 Å². The van der Waals surface area contributed by atoms with E-state index in [1.807, 2.05) is 37.0 Å². The number of halogens is 1. The fourth-order valence-corrected chi connectivity index (χ4v) is 4.66. The van der Waals surface area contributed by atoms with Crippen LogP contribution in [0.25, 0.3) is 0 Å². The molecule has 26 heavy (non-hydrogen) atoms. The Hall–Kier alpha value is -2.19. The fraction of sp³-hybridized carbons (Fsp3) is 0.389. The maximum Gasteiger partial charge on any atom is 0.251 e. The van der Waals surface area contributed by atoms with Crippen molar-refractivity contribution in [1.29, 1.82) is 0 Å². The predicted octanol–water partition coefficient (Wildman–Crippen LogP) is 2.44. The third kappa shape index (κ3) is 3.66. The molecule has 0 aliphatic carbocycles. The quantitative estimate of drug-likeness (QED) is 0.867. The molecule has 2 heterocycles. The van der Waals surface area contributed by atoms with Gasteiger partial charge in [0.05, 0.1) is 6.04 Å². The number of sulfonamides is 1. The molecule has 3 rings (SSSR count). The molecule has 140 valence electrons. The lowest BCUT2D eigenvalue weighted by Crippen LogP contribution is -2.30. The van der Waals surface area contributed by atoms with E-state index in [4.69, 9.17) is 0 Å². The van der Waals surface area contributed by atoms with Crippen LogP contribution in [-0.4, -0.2) is 36.3 Å². The molecule has 1 N–H and O–H groups in total. The lowest BCUT2D eigenvalue weighted by molar-refractivity contribution is 0.0939. The number of aromatic nitrogens is 1. The number of rotatable bonds is 5. The van der Waals surface area contributed by atoms with E-state index in [1.54, 1.807) is 0 Å². The summed E-state index contributed by atoms with van der Waals surface area (Å²) in [5.74, 6) is -1.29. The van der Waals surface area contributed by atoms with Crippen LogP contribution in [0.2, 0.25) is 0 Å². The molecule has 0 saturated carbocycles. The fourth-order valence-electron chi connectivity index (χ4n) is 3.05. The van der Waals surface area contributed by atoms with Gasteiger partial charge in [-0.05, 0) is 49.6 Å². The highest BCUT2D eigenvalue weighted by Gasteiger charge is 2.30. The SMILES string of the molecule is C[C@@H](NC(=O)c1ccc(F)c(S(=O)(=O)N2CCCC2)c1)c1ccn(C)c1. The highest BCUT2D eigenvalue weighted by molar-refractivity contribution is 7.89. The van der Waals surface area contributed by atoms with E-state index in [-0.39, 0.29) is 11.6 Å². The molecule has 1 aliphatic rings. The number of hydrogen-bond donors (Lipinski definition) is 1. The Bertz CT molecular complexity index is 918. The molecule has 1 amide bonds. The van der Waals surface area contributed by atoms with E-state index in [0.29, 0.717) is 13.1 Å². The van der Waals surface area contributed by atoms with Crippen LogP contribution < -0.4 is 5.32 Å². The van der Waals surface area contributed by atoms with Crippen molar-refractivity contribution in [2.24, 2.45) is 7.05 Å². The maximum absolute atomic E-state index is 14.2. The van der Waals surface area contributed by atoms with E-state index in [1.165, 1.54) is 10.4 Å². The largest absolute Gasteiger partial charge is 0.357 e. The van der Waals surface area contributed by atoms with E-state index in [9.17, 15) is 17.6 Å². The van der Waals surface area contributed by atoms with Crippen LogP contribution in [0.4, 0.5) is 4.39 Å². The molecule has 1 aromatic carbocycles. The average Bonchev–Trinajstić information content (AvgIpc) is 3.26. The normalized spacial score (nSPS) is 16.6. The van der Waals surface area contributed by atoms with E-state index in [0.717, 1.165) is 30.5 Å².